The molecule has 1 unspecified atom stereocenters. The van der Waals surface area contributed by atoms with Gasteiger partial charge in [-0.25, -0.2) is 13.2 Å². The molecule has 2 aliphatic heterocycles. The third-order valence-electron chi connectivity index (χ3n) is 6.87. The molecule has 10 heteroatoms. The standard InChI is InChI=1S/C27H33N5S.C6H4ClF.C2H4F2/c1-6-9-25(28-5)22-16-29-27(19(4)33-14-7-2)32-17-21(15-26(22)32)30-18(3)23-10-8-11-24(31-23)20-12-13-20;7-5-2-1-3-6(8)4-5;1-2(3)4/h6-11,14,20-21,30H,3-4,12-13,15-17H2,1-2,5H3;1-4H;2H,1H3/b9-6-,14-7-,28-25?;;. The maximum Gasteiger partial charge on any atom is 0.235 e. The number of pyridine rings is 1. The van der Waals surface area contributed by atoms with E-state index in [-0.39, 0.29) is 11.9 Å². The van der Waals surface area contributed by atoms with Crippen molar-refractivity contribution in [3.05, 3.63) is 118 Å². The van der Waals surface area contributed by atoms with Crippen LogP contribution >= 0.6 is 23.4 Å². The highest BCUT2D eigenvalue weighted by Gasteiger charge is 2.36. The van der Waals surface area contributed by atoms with E-state index in [0.29, 0.717) is 17.5 Å². The number of benzene rings is 1. The number of hydrogen-bond donors (Lipinski definition) is 1. The first kappa shape index (κ1) is 35.9. The summed E-state index contributed by atoms with van der Waals surface area (Å²) < 4.78 is 32.7. The fourth-order valence-electron chi connectivity index (χ4n) is 4.81. The molecule has 5 nitrogen and oxygen atoms in total. The van der Waals surface area contributed by atoms with Gasteiger partial charge in [0.1, 0.15) is 11.7 Å². The van der Waals surface area contributed by atoms with E-state index in [4.69, 9.17) is 21.6 Å². The molecular formula is C35H41ClF3N5S. The van der Waals surface area contributed by atoms with E-state index in [1.807, 2.05) is 39.1 Å². The van der Waals surface area contributed by atoms with Crippen LogP contribution in [0.4, 0.5) is 13.2 Å². The lowest BCUT2D eigenvalue weighted by atomic mass is 10.0. The fourth-order valence-corrected chi connectivity index (χ4v) is 5.57. The minimum Gasteiger partial charge on any atom is -0.379 e. The lowest BCUT2D eigenvalue weighted by Crippen LogP contribution is -2.36. The van der Waals surface area contributed by atoms with Crippen molar-refractivity contribution < 1.29 is 13.2 Å². The highest BCUT2D eigenvalue weighted by molar-refractivity contribution is 8.06. The second-order valence-corrected chi connectivity index (χ2v) is 11.9. The van der Waals surface area contributed by atoms with Crippen LogP contribution < -0.4 is 5.32 Å². The molecule has 1 aromatic heterocycles. The Morgan fingerprint density at radius 1 is 1.16 bits per heavy atom. The summed E-state index contributed by atoms with van der Waals surface area (Å²) >= 11 is 7.02. The van der Waals surface area contributed by atoms with Gasteiger partial charge >= 0.3 is 0 Å². The minimum absolute atomic E-state index is 0.209. The first-order valence-corrected chi connectivity index (χ1v) is 16.1. The van der Waals surface area contributed by atoms with E-state index < -0.39 is 6.43 Å². The molecule has 3 aliphatic rings. The van der Waals surface area contributed by atoms with Gasteiger partial charge in [-0.3, -0.25) is 15.0 Å². The van der Waals surface area contributed by atoms with Crippen LogP contribution in [0.25, 0.3) is 5.70 Å². The van der Waals surface area contributed by atoms with Crippen LogP contribution in [0.3, 0.4) is 0 Å². The number of allylic oxidation sites excluding steroid dienone is 3. The van der Waals surface area contributed by atoms with Crippen molar-refractivity contribution in [2.75, 3.05) is 20.1 Å². The van der Waals surface area contributed by atoms with Crippen LogP contribution in [0.5, 0.6) is 0 Å². The molecule has 1 N–H and O–H groups in total. The fraction of sp³-hybridized carbons (Fsp3) is 0.343. The number of nitrogens with one attached hydrogen (secondary N) is 1. The number of nitrogens with zero attached hydrogens (tertiary/aromatic N) is 4. The van der Waals surface area contributed by atoms with Crippen LogP contribution in [0.1, 0.15) is 57.3 Å². The maximum absolute atomic E-state index is 12.1. The maximum atomic E-state index is 12.1. The molecule has 45 heavy (non-hydrogen) atoms. The predicted molar refractivity (Wildman–Crippen MR) is 186 cm³/mol. The molecule has 1 saturated heterocycles. The monoisotopic (exact) mass is 655 g/mol. The van der Waals surface area contributed by atoms with E-state index in [0.717, 1.165) is 47.7 Å². The van der Waals surface area contributed by atoms with E-state index in [1.54, 1.807) is 23.9 Å². The molecule has 1 aromatic carbocycles. The molecule has 0 spiro atoms. The average molecular weight is 656 g/mol. The van der Waals surface area contributed by atoms with E-state index in [9.17, 15) is 13.2 Å². The number of hydrogen-bond acceptors (Lipinski definition) is 6. The molecule has 1 aliphatic carbocycles. The summed E-state index contributed by atoms with van der Waals surface area (Å²) in [6.07, 6.45) is 7.33. The largest absolute Gasteiger partial charge is 0.379 e. The molecule has 3 heterocycles. The quantitative estimate of drug-likeness (QED) is 0.274. The molecule has 2 aromatic rings. The molecule has 2 fully saturated rings. The Bertz CT molecular complexity index is 1470. The summed E-state index contributed by atoms with van der Waals surface area (Å²) in [5.41, 5.74) is 6.45. The molecule has 1 atom stereocenters. The number of rotatable bonds is 9. The zero-order valence-electron chi connectivity index (χ0n) is 26.2. The topological polar surface area (TPSA) is 52.9 Å². The molecule has 1 saturated carbocycles. The molecule has 240 valence electrons. The van der Waals surface area contributed by atoms with Crippen molar-refractivity contribution in [2.24, 2.45) is 9.98 Å². The minimum atomic E-state index is -2.17. The SMILES string of the molecule is C=C(S/C=C\C)C1=NCC(C(/C=C\C)=NC)=C2CC(NC(=C)c3cccc(C4CC4)n3)CN12.CC(F)F.Fc1cccc(Cl)c1. The molecule has 0 bridgehead atoms. The van der Waals surface area contributed by atoms with Crippen LogP contribution in [-0.2, 0) is 0 Å². The van der Waals surface area contributed by atoms with Gasteiger partial charge in [-0.05, 0) is 75.4 Å². The summed E-state index contributed by atoms with van der Waals surface area (Å²) in [6.45, 7) is 14.9. The Morgan fingerprint density at radius 3 is 2.44 bits per heavy atom. The average Bonchev–Trinajstić information content (AvgIpc) is 3.77. The molecular weight excluding hydrogens is 615 g/mol. The van der Waals surface area contributed by atoms with Crippen LogP contribution in [-0.4, -0.2) is 54.0 Å². The van der Waals surface area contributed by atoms with Crippen LogP contribution in [0.2, 0.25) is 5.02 Å². The van der Waals surface area contributed by atoms with Gasteiger partial charge < -0.3 is 10.2 Å². The van der Waals surface area contributed by atoms with Crippen molar-refractivity contribution in [1.29, 1.82) is 0 Å². The number of aliphatic imine (C=N–C) groups is 2. The Labute approximate surface area is 274 Å². The summed E-state index contributed by atoms with van der Waals surface area (Å²) in [7, 11) is 1.85. The van der Waals surface area contributed by atoms with Crippen molar-refractivity contribution >= 4 is 40.6 Å². The van der Waals surface area contributed by atoms with Gasteiger partial charge in [0.25, 0.3) is 0 Å². The third-order valence-corrected chi connectivity index (χ3v) is 7.98. The Balaban J connectivity index is 0.000000387. The number of alkyl halides is 2. The second-order valence-electron chi connectivity index (χ2n) is 10.5. The normalized spacial score (nSPS) is 17.9. The van der Waals surface area contributed by atoms with Crippen LogP contribution in [0.15, 0.2) is 105 Å². The van der Waals surface area contributed by atoms with Crippen molar-refractivity contribution in [1.82, 2.24) is 15.2 Å². The summed E-state index contributed by atoms with van der Waals surface area (Å²) in [6, 6.07) is 12.3. The smallest absolute Gasteiger partial charge is 0.235 e. The van der Waals surface area contributed by atoms with E-state index >= 15 is 0 Å². The van der Waals surface area contributed by atoms with Gasteiger partial charge in [0.2, 0.25) is 6.43 Å². The molecule has 0 radical (unpaired) electrons. The number of fused-ring (bicyclic) bond motifs is 1. The lowest BCUT2D eigenvalue weighted by Gasteiger charge is -2.29. The lowest BCUT2D eigenvalue weighted by molar-refractivity contribution is 0.171. The Kier molecular flexibility index (Phi) is 14.2. The highest BCUT2D eigenvalue weighted by atomic mass is 35.5. The highest BCUT2D eigenvalue weighted by Crippen LogP contribution is 2.39. The van der Waals surface area contributed by atoms with Crippen molar-refractivity contribution in [2.45, 2.75) is 58.4 Å². The number of amidine groups is 1. The van der Waals surface area contributed by atoms with Gasteiger partial charge in [0.05, 0.1) is 23.6 Å². The third kappa shape index (κ3) is 11.1. The van der Waals surface area contributed by atoms with Crippen molar-refractivity contribution in [3.63, 3.8) is 0 Å². The summed E-state index contributed by atoms with van der Waals surface area (Å²) in [4.78, 5) is 17.6. The number of thioether (sulfide) groups is 1. The predicted octanol–water partition coefficient (Wildman–Crippen LogP) is 9.44. The summed E-state index contributed by atoms with van der Waals surface area (Å²) in [5.74, 6) is 1.29. The van der Waals surface area contributed by atoms with Crippen molar-refractivity contribution in [3.8, 4) is 0 Å². The Hall–Kier alpha value is -3.56. The van der Waals surface area contributed by atoms with Gasteiger partial charge in [0.15, 0.2) is 0 Å². The van der Waals surface area contributed by atoms with Gasteiger partial charge in [-0.15, -0.1) is 0 Å². The van der Waals surface area contributed by atoms with E-state index in [2.05, 4.69) is 52.0 Å². The number of aromatic nitrogens is 1. The zero-order valence-corrected chi connectivity index (χ0v) is 27.8. The number of halogens is 4. The molecule has 5 rings (SSSR count). The Morgan fingerprint density at radius 2 is 1.87 bits per heavy atom. The van der Waals surface area contributed by atoms with Gasteiger partial charge in [-0.1, -0.05) is 60.8 Å². The first-order valence-electron chi connectivity index (χ1n) is 14.8. The summed E-state index contributed by atoms with van der Waals surface area (Å²) in [5, 5.41) is 6.14. The zero-order chi connectivity index (χ0) is 32.9. The van der Waals surface area contributed by atoms with Crippen LogP contribution in [0, 0.1) is 5.82 Å². The second kappa shape index (κ2) is 17.8. The van der Waals surface area contributed by atoms with Gasteiger partial charge in [-0.2, -0.15) is 0 Å². The molecule has 0 amide bonds. The van der Waals surface area contributed by atoms with E-state index in [1.165, 1.54) is 41.9 Å². The first-order chi connectivity index (χ1) is 21.6. The van der Waals surface area contributed by atoms with Gasteiger partial charge in [0, 0.05) is 58.9 Å².